The average molecular weight is 347 g/mol. The van der Waals surface area contributed by atoms with Crippen molar-refractivity contribution in [1.29, 1.82) is 0 Å². The summed E-state index contributed by atoms with van der Waals surface area (Å²) in [4.78, 5) is 14.2. The summed E-state index contributed by atoms with van der Waals surface area (Å²) in [6.45, 7) is 14.0. The molecule has 0 aromatic heterocycles. The Balaban J connectivity index is 1.42. The molecule has 140 valence electrons. The van der Waals surface area contributed by atoms with Crippen LogP contribution in [0.5, 0.6) is 0 Å². The molecule has 3 fully saturated rings. The summed E-state index contributed by atoms with van der Waals surface area (Å²) in [6, 6.07) is 0. The lowest BCUT2D eigenvalue weighted by Gasteiger charge is -2.52. The van der Waals surface area contributed by atoms with E-state index >= 15 is 0 Å². The van der Waals surface area contributed by atoms with Crippen LogP contribution in [-0.2, 0) is 14.1 Å². The molecule has 3 aliphatic rings. The Hall–Kier alpha value is -0.805. The Bertz CT molecular complexity index is 499. The summed E-state index contributed by atoms with van der Waals surface area (Å²) >= 11 is 0. The summed E-state index contributed by atoms with van der Waals surface area (Å²) in [5.41, 5.74) is 0.0238. The third kappa shape index (κ3) is 3.82. The predicted molar refractivity (Wildman–Crippen MR) is 101 cm³/mol. The van der Waals surface area contributed by atoms with Crippen molar-refractivity contribution >= 4 is 13.0 Å². The number of nitrogens with zero attached hydrogens (tertiary/aromatic N) is 1. The Kier molecular flexibility index (Phi) is 5.11. The van der Waals surface area contributed by atoms with E-state index < -0.39 is 0 Å². The quantitative estimate of drug-likeness (QED) is 0.556. The Morgan fingerprint density at radius 2 is 1.72 bits per heavy atom. The van der Waals surface area contributed by atoms with Gasteiger partial charge in [0.05, 0.1) is 11.2 Å². The van der Waals surface area contributed by atoms with Crippen LogP contribution in [0.15, 0.2) is 12.7 Å². The highest BCUT2D eigenvalue weighted by atomic mass is 16.7. The van der Waals surface area contributed by atoms with E-state index in [0.29, 0.717) is 23.7 Å². The molecule has 2 saturated heterocycles. The molecule has 0 radical (unpaired) electrons. The minimum Gasteiger partial charge on any atom is -0.403 e. The van der Waals surface area contributed by atoms with Crippen LogP contribution in [0, 0.1) is 11.3 Å². The van der Waals surface area contributed by atoms with Gasteiger partial charge in [0.2, 0.25) is 5.91 Å². The van der Waals surface area contributed by atoms with Crippen LogP contribution in [0.2, 0.25) is 6.32 Å². The largest absolute Gasteiger partial charge is 0.458 e. The molecule has 5 heteroatoms. The van der Waals surface area contributed by atoms with E-state index in [1.165, 1.54) is 12.8 Å². The molecule has 25 heavy (non-hydrogen) atoms. The minimum atomic E-state index is -0.226. The fourth-order valence-electron chi connectivity index (χ4n) is 4.69. The van der Waals surface area contributed by atoms with Crippen molar-refractivity contribution in [3.05, 3.63) is 12.7 Å². The van der Waals surface area contributed by atoms with Gasteiger partial charge in [0.15, 0.2) is 0 Å². The van der Waals surface area contributed by atoms with Crippen molar-refractivity contribution in [3.8, 4) is 0 Å². The van der Waals surface area contributed by atoms with Gasteiger partial charge in [-0.1, -0.05) is 6.08 Å². The first kappa shape index (κ1) is 19.0. The number of hydrogen-bond donors (Lipinski definition) is 0. The predicted octanol–water partition coefficient (Wildman–Crippen LogP) is 4.06. The number of hydrogen-bond acceptors (Lipinski definition) is 3. The van der Waals surface area contributed by atoms with Crippen LogP contribution < -0.4 is 0 Å². The highest BCUT2D eigenvalue weighted by molar-refractivity contribution is 6.45. The molecule has 0 aromatic carbocycles. The molecule has 2 aliphatic heterocycles. The molecule has 1 saturated carbocycles. The molecule has 0 atom stereocenters. The first-order valence-electron chi connectivity index (χ1n) is 9.91. The van der Waals surface area contributed by atoms with Gasteiger partial charge < -0.3 is 14.2 Å². The summed E-state index contributed by atoms with van der Waals surface area (Å²) in [5, 5.41) is 0. The number of likely N-dealkylation sites (tertiary alicyclic amines) is 1. The Morgan fingerprint density at radius 3 is 2.24 bits per heavy atom. The van der Waals surface area contributed by atoms with Gasteiger partial charge in [-0.05, 0) is 77.5 Å². The number of amides is 1. The Morgan fingerprint density at radius 1 is 1.16 bits per heavy atom. The van der Waals surface area contributed by atoms with Gasteiger partial charge in [-0.15, -0.1) is 6.58 Å². The third-order valence-corrected chi connectivity index (χ3v) is 7.01. The van der Waals surface area contributed by atoms with E-state index in [4.69, 9.17) is 9.31 Å². The van der Waals surface area contributed by atoms with Crippen LogP contribution in [0.25, 0.3) is 0 Å². The number of allylic oxidation sites excluding steroid dienone is 1. The van der Waals surface area contributed by atoms with Crippen molar-refractivity contribution < 1.29 is 14.1 Å². The zero-order valence-corrected chi connectivity index (χ0v) is 16.5. The first-order chi connectivity index (χ1) is 11.7. The molecular weight excluding hydrogens is 313 g/mol. The second-order valence-corrected chi connectivity index (χ2v) is 9.40. The summed E-state index contributed by atoms with van der Waals surface area (Å²) in [6.07, 6.45) is 9.10. The SMILES string of the molecule is C=CCCC(=O)N1CCC2(CC1)CC(CB1OC(C)(C)C(C)(C)O1)C2. The fourth-order valence-corrected chi connectivity index (χ4v) is 4.69. The van der Waals surface area contributed by atoms with E-state index in [2.05, 4.69) is 39.2 Å². The maximum Gasteiger partial charge on any atom is 0.458 e. The second kappa shape index (κ2) is 6.73. The van der Waals surface area contributed by atoms with E-state index in [9.17, 15) is 4.79 Å². The normalized spacial score (nSPS) is 27.4. The lowest BCUT2D eigenvalue weighted by Crippen LogP contribution is -2.49. The average Bonchev–Trinajstić information content (AvgIpc) is 2.71. The van der Waals surface area contributed by atoms with Crippen LogP contribution in [-0.4, -0.2) is 42.2 Å². The molecule has 1 aliphatic carbocycles. The molecule has 0 bridgehead atoms. The molecular formula is C20H34BNO3. The number of rotatable bonds is 5. The lowest BCUT2D eigenvalue weighted by molar-refractivity contribution is -0.135. The highest BCUT2D eigenvalue weighted by Gasteiger charge is 2.54. The van der Waals surface area contributed by atoms with Gasteiger partial charge in [0, 0.05) is 19.5 Å². The molecule has 0 aromatic rings. The number of piperidine rings is 1. The molecule has 1 amide bonds. The van der Waals surface area contributed by atoms with E-state index in [-0.39, 0.29) is 18.3 Å². The number of carbonyl (C=O) groups is 1. The molecule has 3 rings (SSSR count). The van der Waals surface area contributed by atoms with Crippen molar-refractivity contribution in [2.24, 2.45) is 11.3 Å². The van der Waals surface area contributed by atoms with Gasteiger partial charge in [-0.2, -0.15) is 0 Å². The van der Waals surface area contributed by atoms with E-state index in [1.807, 2.05) is 6.08 Å². The van der Waals surface area contributed by atoms with Crippen molar-refractivity contribution in [2.45, 2.75) is 83.7 Å². The minimum absolute atomic E-state index is 0.0621. The Labute approximate surface area is 153 Å². The molecule has 0 unspecified atom stereocenters. The zero-order chi connectivity index (χ0) is 18.3. The first-order valence-corrected chi connectivity index (χ1v) is 9.91. The zero-order valence-electron chi connectivity index (χ0n) is 16.5. The topological polar surface area (TPSA) is 38.8 Å². The standard InChI is InChI=1S/C20H34BNO3/c1-6-7-8-17(23)22-11-9-20(10-12-22)13-16(14-20)15-21-24-18(2,3)19(4,5)25-21/h6,16H,1,7-15H2,2-5H3. The van der Waals surface area contributed by atoms with Gasteiger partial charge >= 0.3 is 7.12 Å². The maximum absolute atomic E-state index is 12.1. The van der Waals surface area contributed by atoms with Gasteiger partial charge in [-0.25, -0.2) is 0 Å². The third-order valence-electron chi connectivity index (χ3n) is 7.01. The molecule has 0 N–H and O–H groups in total. The van der Waals surface area contributed by atoms with E-state index in [1.54, 1.807) is 0 Å². The molecule has 2 heterocycles. The lowest BCUT2D eigenvalue weighted by atomic mass is 9.53. The van der Waals surface area contributed by atoms with Crippen LogP contribution in [0.3, 0.4) is 0 Å². The van der Waals surface area contributed by atoms with E-state index in [0.717, 1.165) is 38.7 Å². The highest BCUT2D eigenvalue weighted by Crippen LogP contribution is 2.55. The fraction of sp³-hybridized carbons (Fsp3) is 0.850. The monoisotopic (exact) mass is 347 g/mol. The summed E-state index contributed by atoms with van der Waals surface area (Å²) in [5.74, 6) is 1.00. The second-order valence-electron chi connectivity index (χ2n) is 9.40. The van der Waals surface area contributed by atoms with Crippen molar-refractivity contribution in [1.82, 2.24) is 4.90 Å². The van der Waals surface area contributed by atoms with Gasteiger partial charge in [-0.3, -0.25) is 4.79 Å². The van der Waals surface area contributed by atoms with Crippen molar-refractivity contribution in [2.75, 3.05) is 13.1 Å². The summed E-state index contributed by atoms with van der Waals surface area (Å²) in [7, 11) is -0.0621. The van der Waals surface area contributed by atoms with Gasteiger partial charge in [0.1, 0.15) is 0 Å². The molecule has 1 spiro atoms. The van der Waals surface area contributed by atoms with Crippen molar-refractivity contribution in [3.63, 3.8) is 0 Å². The smallest absolute Gasteiger partial charge is 0.403 e. The molecule has 4 nitrogen and oxygen atoms in total. The van der Waals surface area contributed by atoms with Crippen LogP contribution in [0.1, 0.15) is 66.2 Å². The summed E-state index contributed by atoms with van der Waals surface area (Å²) < 4.78 is 12.3. The van der Waals surface area contributed by atoms with Gasteiger partial charge in [0.25, 0.3) is 0 Å². The van der Waals surface area contributed by atoms with Crippen LogP contribution in [0.4, 0.5) is 0 Å². The van der Waals surface area contributed by atoms with Crippen LogP contribution >= 0.6 is 0 Å². The maximum atomic E-state index is 12.1. The number of carbonyl (C=O) groups excluding carboxylic acids is 1.